The molecule has 3 aromatic rings. The number of rotatable bonds is 0. The Morgan fingerprint density at radius 3 is 2.52 bits per heavy atom. The molecule has 2 aliphatic carbocycles. The van der Waals surface area contributed by atoms with Crippen LogP contribution in [0.3, 0.4) is 0 Å². The van der Waals surface area contributed by atoms with Crippen LogP contribution in [0.2, 0.25) is 0 Å². The van der Waals surface area contributed by atoms with Crippen molar-refractivity contribution >= 4 is 16.3 Å². The molecule has 0 heteroatoms. The Labute approximate surface area is 124 Å². The number of hydrogen-bond acceptors (Lipinski definition) is 0. The van der Waals surface area contributed by atoms with Crippen LogP contribution in [0.5, 0.6) is 0 Å². The van der Waals surface area contributed by atoms with Gasteiger partial charge in [-0.2, -0.15) is 0 Å². The van der Waals surface area contributed by atoms with E-state index in [4.69, 9.17) is 0 Å². The predicted molar refractivity (Wildman–Crippen MR) is 88.4 cm³/mol. The van der Waals surface area contributed by atoms with E-state index in [1.165, 1.54) is 51.4 Å². The average Bonchev–Trinajstić information content (AvgIpc) is 2.94. The summed E-state index contributed by atoms with van der Waals surface area (Å²) in [6.45, 7) is 0. The summed E-state index contributed by atoms with van der Waals surface area (Å²) in [5.74, 6) is 0. The number of aryl methyl sites for hydroxylation is 1. The maximum atomic E-state index is 2.33. The van der Waals surface area contributed by atoms with Crippen molar-refractivity contribution in [2.75, 3.05) is 0 Å². The van der Waals surface area contributed by atoms with Gasteiger partial charge >= 0.3 is 0 Å². The molecule has 0 spiro atoms. The highest BCUT2D eigenvalue weighted by atomic mass is 14.3. The third-order valence-electron chi connectivity index (χ3n) is 5.01. The molecule has 0 bridgehead atoms. The van der Waals surface area contributed by atoms with Crippen LogP contribution in [0.4, 0.5) is 0 Å². The Morgan fingerprint density at radius 2 is 1.52 bits per heavy atom. The van der Waals surface area contributed by atoms with Crippen molar-refractivity contribution in [3.05, 3.63) is 88.5 Å². The second kappa shape index (κ2) is 4.08. The predicted octanol–water partition coefficient (Wildman–Crippen LogP) is 5.14. The molecule has 2 aliphatic rings. The molecule has 0 saturated heterocycles. The summed E-state index contributed by atoms with van der Waals surface area (Å²) in [4.78, 5) is 0. The second-order valence-corrected chi connectivity index (χ2v) is 6.13. The van der Waals surface area contributed by atoms with Gasteiger partial charge in [0.2, 0.25) is 0 Å². The molecule has 0 heterocycles. The van der Waals surface area contributed by atoms with Gasteiger partial charge in [0.15, 0.2) is 0 Å². The van der Waals surface area contributed by atoms with Gasteiger partial charge in [0.05, 0.1) is 0 Å². The number of fused-ring (bicyclic) bond motifs is 6. The van der Waals surface area contributed by atoms with Crippen LogP contribution in [0, 0.1) is 0 Å². The van der Waals surface area contributed by atoms with Gasteiger partial charge in [-0.25, -0.2) is 0 Å². The fourth-order valence-electron chi connectivity index (χ4n) is 4.06. The van der Waals surface area contributed by atoms with Gasteiger partial charge in [0.25, 0.3) is 0 Å². The lowest BCUT2D eigenvalue weighted by atomic mass is 9.84. The summed E-state index contributed by atoms with van der Waals surface area (Å²) in [6, 6.07) is 22.4. The molecule has 0 amide bonds. The van der Waals surface area contributed by atoms with E-state index in [1.807, 2.05) is 0 Å². The molecule has 0 fully saturated rings. The lowest BCUT2D eigenvalue weighted by Crippen LogP contribution is -2.02. The lowest BCUT2D eigenvalue weighted by molar-refractivity contribution is 0.896. The zero-order chi connectivity index (χ0) is 13.8. The smallest absolute Gasteiger partial charge is 0.00511 e. The molecule has 0 N–H and O–H groups in total. The van der Waals surface area contributed by atoms with Crippen molar-refractivity contribution in [1.29, 1.82) is 0 Å². The molecule has 0 nitrogen and oxygen atoms in total. The average molecular weight is 268 g/mol. The molecule has 0 atom stereocenters. The zero-order valence-electron chi connectivity index (χ0n) is 11.9. The van der Waals surface area contributed by atoms with E-state index >= 15 is 0 Å². The van der Waals surface area contributed by atoms with E-state index in [2.05, 4.69) is 60.7 Å². The van der Waals surface area contributed by atoms with Crippen molar-refractivity contribution in [2.24, 2.45) is 0 Å². The largest absolute Gasteiger partial charge is 0.0620 e. The number of benzene rings is 3. The van der Waals surface area contributed by atoms with Crippen molar-refractivity contribution in [3.63, 3.8) is 0 Å². The van der Waals surface area contributed by atoms with E-state index in [0.29, 0.717) is 0 Å². The Balaban J connectivity index is 1.88. The van der Waals surface area contributed by atoms with Crippen LogP contribution in [0.15, 0.2) is 66.2 Å². The SMILES string of the molecule is c1ccc2c(c1)CCC1=C2c2c(ccc3ccccc23)C1. The molecular formula is C21H16. The lowest BCUT2D eigenvalue weighted by Gasteiger charge is -2.20. The highest BCUT2D eigenvalue weighted by Gasteiger charge is 2.28. The molecule has 0 aliphatic heterocycles. The summed E-state index contributed by atoms with van der Waals surface area (Å²) >= 11 is 0. The van der Waals surface area contributed by atoms with E-state index in [1.54, 1.807) is 5.57 Å². The van der Waals surface area contributed by atoms with Crippen LogP contribution in [-0.4, -0.2) is 0 Å². The maximum Gasteiger partial charge on any atom is -0.00511 e. The first-order chi connectivity index (χ1) is 10.4. The van der Waals surface area contributed by atoms with Gasteiger partial charge in [-0.1, -0.05) is 66.2 Å². The van der Waals surface area contributed by atoms with Crippen molar-refractivity contribution < 1.29 is 0 Å². The Bertz CT molecular complexity index is 912. The Kier molecular flexibility index (Phi) is 2.20. The third-order valence-corrected chi connectivity index (χ3v) is 5.01. The molecule has 3 aromatic carbocycles. The summed E-state index contributed by atoms with van der Waals surface area (Å²) in [7, 11) is 0. The van der Waals surface area contributed by atoms with Gasteiger partial charge < -0.3 is 0 Å². The van der Waals surface area contributed by atoms with Crippen LogP contribution in [0.1, 0.15) is 28.7 Å². The fraction of sp³-hybridized carbons (Fsp3) is 0.143. The number of hydrogen-bond donors (Lipinski definition) is 0. The van der Waals surface area contributed by atoms with E-state index in [9.17, 15) is 0 Å². The maximum absolute atomic E-state index is 2.33. The Morgan fingerprint density at radius 1 is 0.667 bits per heavy atom. The monoisotopic (exact) mass is 268 g/mol. The van der Waals surface area contributed by atoms with Crippen molar-refractivity contribution in [3.8, 4) is 0 Å². The molecule has 5 rings (SSSR count). The van der Waals surface area contributed by atoms with Crippen LogP contribution in [0.25, 0.3) is 16.3 Å². The first kappa shape index (κ1) is 11.3. The normalized spacial score (nSPS) is 15.8. The van der Waals surface area contributed by atoms with Crippen LogP contribution in [-0.2, 0) is 12.8 Å². The minimum Gasteiger partial charge on any atom is -0.0620 e. The summed E-state index contributed by atoms with van der Waals surface area (Å²) in [5, 5.41) is 2.77. The Hall–Kier alpha value is -2.34. The molecule has 0 saturated carbocycles. The standard InChI is InChI=1S/C21H16/c1-3-7-18-14(5-1)9-11-16-13-17-12-10-15-6-2-4-8-19(15)21(17)20(16)18/h1-9,11H,10,12-13H2. The zero-order valence-corrected chi connectivity index (χ0v) is 11.9. The summed E-state index contributed by atoms with van der Waals surface area (Å²) in [6.07, 6.45) is 3.56. The molecule has 0 aromatic heterocycles. The van der Waals surface area contributed by atoms with Crippen LogP contribution < -0.4 is 0 Å². The highest BCUT2D eigenvalue weighted by Crippen LogP contribution is 2.46. The fourth-order valence-corrected chi connectivity index (χ4v) is 4.06. The van der Waals surface area contributed by atoms with E-state index < -0.39 is 0 Å². The van der Waals surface area contributed by atoms with Gasteiger partial charge in [0.1, 0.15) is 0 Å². The molecule has 21 heavy (non-hydrogen) atoms. The van der Waals surface area contributed by atoms with Gasteiger partial charge in [-0.3, -0.25) is 0 Å². The molecule has 0 radical (unpaired) electrons. The van der Waals surface area contributed by atoms with Gasteiger partial charge in [-0.15, -0.1) is 0 Å². The van der Waals surface area contributed by atoms with E-state index in [-0.39, 0.29) is 0 Å². The first-order valence-electron chi connectivity index (χ1n) is 7.73. The van der Waals surface area contributed by atoms with Gasteiger partial charge in [-0.05, 0) is 57.9 Å². The summed E-state index contributed by atoms with van der Waals surface area (Å²) in [5.41, 5.74) is 9.15. The van der Waals surface area contributed by atoms with Crippen LogP contribution >= 0.6 is 0 Å². The molecular weight excluding hydrogens is 252 g/mol. The summed E-state index contributed by atoms with van der Waals surface area (Å²) < 4.78 is 0. The molecule has 100 valence electrons. The molecule has 0 unspecified atom stereocenters. The van der Waals surface area contributed by atoms with Crippen molar-refractivity contribution in [2.45, 2.75) is 19.3 Å². The quantitative estimate of drug-likeness (QED) is 0.529. The van der Waals surface area contributed by atoms with Gasteiger partial charge in [0, 0.05) is 0 Å². The highest BCUT2D eigenvalue weighted by molar-refractivity contribution is 6.02. The minimum atomic E-state index is 1.14. The second-order valence-electron chi connectivity index (χ2n) is 6.13. The minimum absolute atomic E-state index is 1.14. The number of allylic oxidation sites excluding steroid dienone is 1. The van der Waals surface area contributed by atoms with Crippen molar-refractivity contribution in [1.82, 2.24) is 0 Å². The topological polar surface area (TPSA) is 0 Å². The first-order valence-corrected chi connectivity index (χ1v) is 7.73. The third kappa shape index (κ3) is 1.50. The van der Waals surface area contributed by atoms with E-state index in [0.717, 1.165) is 6.42 Å².